The third-order valence-corrected chi connectivity index (χ3v) is 7.18. The van der Waals surface area contributed by atoms with Crippen molar-refractivity contribution in [2.45, 2.75) is 52.1 Å². The van der Waals surface area contributed by atoms with Gasteiger partial charge < -0.3 is 14.2 Å². The van der Waals surface area contributed by atoms with E-state index in [-0.39, 0.29) is 43.3 Å². The fraction of sp³-hybridized carbons (Fsp3) is 0.520. The molecule has 1 aliphatic carbocycles. The Balaban J connectivity index is 1.62. The number of aldehydes is 1. The Hall–Kier alpha value is -3.41. The van der Waals surface area contributed by atoms with E-state index < -0.39 is 23.1 Å². The number of carbonyl (C=O) groups excluding carboxylic acids is 2. The molecule has 1 aromatic carbocycles. The van der Waals surface area contributed by atoms with E-state index in [2.05, 4.69) is 15.4 Å². The molecule has 2 aromatic heterocycles. The molecule has 1 amide bonds. The number of ether oxygens (including phenoxy) is 1. The minimum atomic E-state index is -2.78. The number of alkyl halides is 2. The summed E-state index contributed by atoms with van der Waals surface area (Å²) in [6.07, 6.45) is 0.751. The lowest BCUT2D eigenvalue weighted by molar-refractivity contribution is -0.162. The summed E-state index contributed by atoms with van der Waals surface area (Å²) >= 11 is 0. The van der Waals surface area contributed by atoms with Crippen LogP contribution >= 0.6 is 0 Å². The zero-order chi connectivity index (χ0) is 26.5. The first kappa shape index (κ1) is 25.2. The second-order valence-electron chi connectivity index (χ2n) is 10.0. The SMILES string of the molecule is CCn1nc(C)c(F)c1C(=O)Nc1nc2cc(C=O)cc3c2n1CC1(CN3CCCOC)CC(F)(F)C1. The van der Waals surface area contributed by atoms with E-state index in [1.807, 2.05) is 4.90 Å². The lowest BCUT2D eigenvalue weighted by Crippen LogP contribution is -2.54. The summed E-state index contributed by atoms with van der Waals surface area (Å²) in [6.45, 7) is 5.07. The van der Waals surface area contributed by atoms with Gasteiger partial charge in [0.05, 0.1) is 22.4 Å². The summed E-state index contributed by atoms with van der Waals surface area (Å²) in [6, 6.07) is 3.32. The topological polar surface area (TPSA) is 94.3 Å². The molecule has 0 unspecified atom stereocenters. The molecule has 0 atom stereocenters. The van der Waals surface area contributed by atoms with Crippen LogP contribution in [0.4, 0.5) is 24.8 Å². The molecule has 0 radical (unpaired) electrons. The lowest BCUT2D eigenvalue weighted by atomic mass is 9.65. The van der Waals surface area contributed by atoms with E-state index in [9.17, 15) is 22.8 Å². The summed E-state index contributed by atoms with van der Waals surface area (Å²) in [4.78, 5) is 31.5. The molecule has 37 heavy (non-hydrogen) atoms. The van der Waals surface area contributed by atoms with Crippen molar-refractivity contribution in [3.8, 4) is 0 Å². The molecule has 198 valence electrons. The zero-order valence-electron chi connectivity index (χ0n) is 21.0. The molecule has 1 N–H and O–H groups in total. The van der Waals surface area contributed by atoms with Gasteiger partial charge >= 0.3 is 0 Å². The van der Waals surface area contributed by atoms with Crippen molar-refractivity contribution in [2.24, 2.45) is 5.41 Å². The van der Waals surface area contributed by atoms with Crippen LogP contribution in [-0.2, 0) is 17.8 Å². The number of nitrogens with one attached hydrogen (secondary N) is 1. The summed E-state index contributed by atoms with van der Waals surface area (Å²) in [5.74, 6) is -4.13. The van der Waals surface area contributed by atoms with Gasteiger partial charge in [-0.05, 0) is 32.4 Å². The van der Waals surface area contributed by atoms with E-state index in [1.165, 1.54) is 11.6 Å². The molecule has 2 aliphatic rings. The number of methoxy groups -OCH3 is 1. The molecule has 3 heterocycles. The summed E-state index contributed by atoms with van der Waals surface area (Å²) in [5.41, 5.74) is 1.23. The van der Waals surface area contributed by atoms with Crippen molar-refractivity contribution >= 4 is 34.9 Å². The molecule has 1 aliphatic heterocycles. The van der Waals surface area contributed by atoms with Crippen molar-refractivity contribution in [3.05, 3.63) is 34.9 Å². The maximum absolute atomic E-state index is 14.7. The van der Waals surface area contributed by atoms with Gasteiger partial charge in [0, 0.05) is 63.7 Å². The second-order valence-corrected chi connectivity index (χ2v) is 10.0. The van der Waals surface area contributed by atoms with E-state index >= 15 is 0 Å². The van der Waals surface area contributed by atoms with E-state index in [0.29, 0.717) is 54.7 Å². The van der Waals surface area contributed by atoms with Gasteiger partial charge in [-0.3, -0.25) is 19.6 Å². The number of rotatable bonds is 8. The average molecular weight is 519 g/mol. The largest absolute Gasteiger partial charge is 0.385 e. The molecule has 1 saturated carbocycles. The molecular formula is C25H29F3N6O3. The number of hydrogen-bond donors (Lipinski definition) is 1. The van der Waals surface area contributed by atoms with Crippen molar-refractivity contribution in [3.63, 3.8) is 0 Å². The molecule has 3 aromatic rings. The monoisotopic (exact) mass is 518 g/mol. The quantitative estimate of drug-likeness (QED) is 0.357. The lowest BCUT2D eigenvalue weighted by Gasteiger charge is -2.49. The van der Waals surface area contributed by atoms with Gasteiger partial charge in [-0.25, -0.2) is 18.2 Å². The Bertz CT molecular complexity index is 1370. The number of nitrogens with zero attached hydrogens (tertiary/aromatic N) is 5. The number of hydrogen-bond acceptors (Lipinski definition) is 6. The Morgan fingerprint density at radius 2 is 2.03 bits per heavy atom. The van der Waals surface area contributed by atoms with Gasteiger partial charge in [-0.2, -0.15) is 5.10 Å². The standard InChI is InChI=1S/C25H29F3N6O3/c1-4-34-21(19(26)15(2)31-34)22(36)30-23-29-17-8-16(10-35)9-18-20(17)33(23)14-24(11-25(27,28)12-24)13-32(18)6-5-7-37-3/h8-10H,4-7,11-14H2,1-3H3,(H,29,30,36). The van der Waals surface area contributed by atoms with Crippen molar-refractivity contribution < 1.29 is 27.5 Å². The molecular weight excluding hydrogens is 489 g/mol. The number of benzene rings is 1. The minimum Gasteiger partial charge on any atom is -0.385 e. The van der Waals surface area contributed by atoms with Gasteiger partial charge in [-0.1, -0.05) is 0 Å². The van der Waals surface area contributed by atoms with Crippen LogP contribution in [0, 0.1) is 18.2 Å². The van der Waals surface area contributed by atoms with E-state index in [1.54, 1.807) is 30.7 Å². The van der Waals surface area contributed by atoms with Crippen molar-refractivity contribution in [2.75, 3.05) is 37.0 Å². The predicted molar refractivity (Wildman–Crippen MR) is 131 cm³/mol. The van der Waals surface area contributed by atoms with Gasteiger partial charge in [0.15, 0.2) is 11.5 Å². The predicted octanol–water partition coefficient (Wildman–Crippen LogP) is 4.04. The number of imidazole rings is 1. The van der Waals surface area contributed by atoms with E-state index in [4.69, 9.17) is 4.74 Å². The Kier molecular flexibility index (Phi) is 6.25. The van der Waals surface area contributed by atoms with E-state index in [0.717, 1.165) is 0 Å². The maximum atomic E-state index is 14.7. The second kappa shape index (κ2) is 9.16. The number of amides is 1. The normalized spacial score (nSPS) is 17.6. The first-order valence-corrected chi connectivity index (χ1v) is 12.3. The highest BCUT2D eigenvalue weighted by atomic mass is 19.3. The van der Waals surface area contributed by atoms with Gasteiger partial charge in [0.25, 0.3) is 5.91 Å². The first-order chi connectivity index (χ1) is 17.6. The van der Waals surface area contributed by atoms with Crippen LogP contribution in [0.3, 0.4) is 0 Å². The number of halogens is 3. The van der Waals surface area contributed by atoms with Crippen LogP contribution in [-0.4, -0.2) is 64.3 Å². The Morgan fingerprint density at radius 3 is 2.68 bits per heavy atom. The van der Waals surface area contributed by atoms with Gasteiger partial charge in [-0.15, -0.1) is 0 Å². The molecule has 1 spiro atoms. The summed E-state index contributed by atoms with van der Waals surface area (Å²) in [5, 5.41) is 6.76. The highest BCUT2D eigenvalue weighted by Gasteiger charge is 2.58. The zero-order valence-corrected chi connectivity index (χ0v) is 21.0. The fourth-order valence-corrected chi connectivity index (χ4v) is 5.74. The molecule has 1 fully saturated rings. The number of aryl methyl sites for hydroxylation is 2. The van der Waals surface area contributed by atoms with Gasteiger partial charge in [0.1, 0.15) is 6.29 Å². The third-order valence-electron chi connectivity index (χ3n) is 7.18. The van der Waals surface area contributed by atoms with Crippen LogP contribution in [0.5, 0.6) is 0 Å². The third kappa shape index (κ3) is 4.36. The highest BCUT2D eigenvalue weighted by molar-refractivity contribution is 6.04. The summed E-state index contributed by atoms with van der Waals surface area (Å²) in [7, 11) is 1.60. The van der Waals surface area contributed by atoms with Crippen LogP contribution in [0.15, 0.2) is 12.1 Å². The van der Waals surface area contributed by atoms with Gasteiger partial charge in [0.2, 0.25) is 11.9 Å². The van der Waals surface area contributed by atoms with Crippen LogP contribution in [0.1, 0.15) is 52.7 Å². The number of carbonyl (C=O) groups is 2. The molecule has 0 saturated heterocycles. The summed E-state index contributed by atoms with van der Waals surface area (Å²) < 4.78 is 51.4. The van der Waals surface area contributed by atoms with Crippen LogP contribution in [0.25, 0.3) is 11.0 Å². The molecule has 5 rings (SSSR count). The molecule has 12 heteroatoms. The van der Waals surface area contributed by atoms with Crippen LogP contribution < -0.4 is 10.2 Å². The highest BCUT2D eigenvalue weighted by Crippen LogP contribution is 2.55. The smallest absolute Gasteiger partial charge is 0.279 e. The molecule has 9 nitrogen and oxygen atoms in total. The Morgan fingerprint density at radius 1 is 1.27 bits per heavy atom. The maximum Gasteiger partial charge on any atom is 0.279 e. The van der Waals surface area contributed by atoms with Crippen LogP contribution in [0.2, 0.25) is 0 Å². The fourth-order valence-electron chi connectivity index (χ4n) is 5.74. The van der Waals surface area contributed by atoms with Crippen molar-refractivity contribution in [1.29, 1.82) is 0 Å². The van der Waals surface area contributed by atoms with Crippen molar-refractivity contribution in [1.82, 2.24) is 19.3 Å². The number of anilines is 2. The molecule has 0 bridgehead atoms. The average Bonchev–Trinajstić information content (AvgIpc) is 3.26. The minimum absolute atomic E-state index is 0.0960. The first-order valence-electron chi connectivity index (χ1n) is 12.3. The Labute approximate surface area is 211 Å². The number of aromatic nitrogens is 4.